The Balaban J connectivity index is 0.00000182. The van der Waals surface area contributed by atoms with Crippen LogP contribution < -0.4 is 16.0 Å². The van der Waals surface area contributed by atoms with Crippen LogP contribution in [0.15, 0.2) is 12.4 Å². The van der Waals surface area contributed by atoms with Gasteiger partial charge in [-0.2, -0.15) is 5.10 Å². The molecule has 3 aliphatic rings. The highest BCUT2D eigenvalue weighted by Crippen LogP contribution is 2.40. The number of anilines is 1. The van der Waals surface area contributed by atoms with Crippen molar-refractivity contribution in [2.24, 2.45) is 23.5 Å². The third kappa shape index (κ3) is 3.53. The molecule has 3 atom stereocenters. The Kier molecular flexibility index (Phi) is 5.34. The molecular weight excluding hydrogens is 342 g/mol. The molecule has 2 saturated carbocycles. The summed E-state index contributed by atoms with van der Waals surface area (Å²) in [5, 5.41) is 9.86. The number of halogens is 1. The normalized spacial score (nSPS) is 34.5. The van der Waals surface area contributed by atoms with E-state index in [1.165, 1.54) is 6.42 Å². The number of amides is 2. The Morgan fingerprint density at radius 2 is 2.04 bits per heavy atom. The second-order valence-corrected chi connectivity index (χ2v) is 7.58. The van der Waals surface area contributed by atoms with Crippen molar-refractivity contribution in [3.05, 3.63) is 12.4 Å². The van der Waals surface area contributed by atoms with Gasteiger partial charge in [-0.15, -0.1) is 12.4 Å². The number of nitrogens with two attached hydrogens (primary N) is 1. The molecule has 2 aliphatic carbocycles. The molecule has 2 heterocycles. The summed E-state index contributed by atoms with van der Waals surface area (Å²) >= 11 is 0. The minimum absolute atomic E-state index is 0. The van der Waals surface area contributed by atoms with Gasteiger partial charge in [0.05, 0.1) is 17.8 Å². The molecule has 4 rings (SSSR count). The Hall–Kier alpha value is -1.60. The summed E-state index contributed by atoms with van der Waals surface area (Å²) in [6.07, 6.45) is 9.14. The maximum atomic E-state index is 12.7. The molecule has 7 nitrogen and oxygen atoms in total. The van der Waals surface area contributed by atoms with Crippen molar-refractivity contribution >= 4 is 29.9 Å². The van der Waals surface area contributed by atoms with Crippen molar-refractivity contribution in [3.8, 4) is 0 Å². The van der Waals surface area contributed by atoms with Crippen molar-refractivity contribution in [1.82, 2.24) is 15.5 Å². The summed E-state index contributed by atoms with van der Waals surface area (Å²) < 4.78 is 0. The molecule has 25 heavy (non-hydrogen) atoms. The van der Waals surface area contributed by atoms with E-state index in [-0.39, 0.29) is 48.6 Å². The van der Waals surface area contributed by atoms with Crippen LogP contribution in [0.3, 0.4) is 0 Å². The van der Waals surface area contributed by atoms with Crippen LogP contribution in [0.2, 0.25) is 0 Å². The Morgan fingerprint density at radius 1 is 1.32 bits per heavy atom. The van der Waals surface area contributed by atoms with Crippen LogP contribution in [0.4, 0.5) is 5.69 Å². The van der Waals surface area contributed by atoms with E-state index in [1.807, 2.05) is 0 Å². The van der Waals surface area contributed by atoms with E-state index in [1.54, 1.807) is 17.3 Å². The molecule has 1 aromatic rings. The van der Waals surface area contributed by atoms with Crippen molar-refractivity contribution in [2.75, 3.05) is 11.4 Å². The van der Waals surface area contributed by atoms with Crippen LogP contribution in [0.5, 0.6) is 0 Å². The van der Waals surface area contributed by atoms with Crippen LogP contribution >= 0.6 is 12.4 Å². The van der Waals surface area contributed by atoms with Gasteiger partial charge < -0.3 is 16.0 Å². The van der Waals surface area contributed by atoms with Gasteiger partial charge in [0, 0.05) is 31.2 Å². The topological polar surface area (TPSA) is 104 Å². The van der Waals surface area contributed by atoms with Gasteiger partial charge in [0.25, 0.3) is 0 Å². The van der Waals surface area contributed by atoms with E-state index in [4.69, 9.17) is 5.73 Å². The summed E-state index contributed by atoms with van der Waals surface area (Å²) in [7, 11) is 0. The lowest BCUT2D eigenvalue weighted by molar-refractivity contribution is -0.128. The Bertz CT molecular complexity index is 609. The molecule has 0 radical (unpaired) electrons. The molecule has 1 aromatic heterocycles. The molecule has 1 aliphatic heterocycles. The first-order valence-corrected chi connectivity index (χ1v) is 8.97. The highest BCUT2D eigenvalue weighted by Gasteiger charge is 2.42. The number of hydrogen-bond acceptors (Lipinski definition) is 4. The fraction of sp³-hybridized carbons (Fsp3) is 0.706. The molecule has 3 unspecified atom stereocenters. The molecule has 1 saturated heterocycles. The molecule has 0 aromatic carbocycles. The second-order valence-electron chi connectivity index (χ2n) is 7.58. The molecule has 2 bridgehead atoms. The van der Waals surface area contributed by atoms with Crippen molar-refractivity contribution in [1.29, 1.82) is 0 Å². The van der Waals surface area contributed by atoms with Crippen LogP contribution in [0, 0.1) is 17.8 Å². The number of fused-ring (bicyclic) bond motifs is 2. The Labute approximate surface area is 153 Å². The van der Waals surface area contributed by atoms with Crippen LogP contribution in [0.25, 0.3) is 0 Å². The van der Waals surface area contributed by atoms with Gasteiger partial charge >= 0.3 is 0 Å². The summed E-state index contributed by atoms with van der Waals surface area (Å²) in [5.41, 5.74) is 6.89. The van der Waals surface area contributed by atoms with E-state index in [2.05, 4.69) is 15.5 Å². The fourth-order valence-electron chi connectivity index (χ4n) is 4.83. The second kappa shape index (κ2) is 7.33. The predicted molar refractivity (Wildman–Crippen MR) is 96.3 cm³/mol. The average molecular weight is 368 g/mol. The zero-order chi connectivity index (χ0) is 16.7. The van der Waals surface area contributed by atoms with E-state index < -0.39 is 0 Å². The number of carbonyl (C=O) groups is 2. The van der Waals surface area contributed by atoms with Gasteiger partial charge in [-0.3, -0.25) is 14.7 Å². The van der Waals surface area contributed by atoms with E-state index >= 15 is 0 Å². The SMILES string of the molecule is Cl.NC1CC2CCCC(C1)C2NC(=O)C1CC(=O)N(c2cn[nH]c2)C1. The largest absolute Gasteiger partial charge is 0.353 e. The Morgan fingerprint density at radius 3 is 2.68 bits per heavy atom. The van der Waals surface area contributed by atoms with Crippen LogP contribution in [-0.4, -0.2) is 40.6 Å². The number of carbonyl (C=O) groups excluding carboxylic acids is 2. The third-order valence-corrected chi connectivity index (χ3v) is 5.98. The summed E-state index contributed by atoms with van der Waals surface area (Å²) in [4.78, 5) is 26.6. The molecule has 0 spiro atoms. The highest BCUT2D eigenvalue weighted by atomic mass is 35.5. The molecule has 138 valence electrons. The zero-order valence-corrected chi connectivity index (χ0v) is 15.0. The first-order chi connectivity index (χ1) is 11.6. The quantitative estimate of drug-likeness (QED) is 0.746. The summed E-state index contributed by atoms with van der Waals surface area (Å²) in [6, 6.07) is 0.516. The number of H-pyrrole nitrogens is 1. The highest BCUT2D eigenvalue weighted by molar-refractivity contribution is 6.00. The number of nitrogens with zero attached hydrogens (tertiary/aromatic N) is 2. The number of rotatable bonds is 3. The molecule has 4 N–H and O–H groups in total. The first-order valence-electron chi connectivity index (χ1n) is 8.97. The maximum absolute atomic E-state index is 12.7. The zero-order valence-electron chi connectivity index (χ0n) is 14.2. The summed E-state index contributed by atoms with van der Waals surface area (Å²) in [5.74, 6) is 0.731. The molecule has 3 fully saturated rings. The number of nitrogens with one attached hydrogen (secondary N) is 2. The van der Waals surface area contributed by atoms with Crippen molar-refractivity contribution < 1.29 is 9.59 Å². The molecule has 8 heteroatoms. The fourth-order valence-corrected chi connectivity index (χ4v) is 4.83. The number of hydrogen-bond donors (Lipinski definition) is 3. The van der Waals surface area contributed by atoms with Gasteiger partial charge in [-0.05, 0) is 37.5 Å². The maximum Gasteiger partial charge on any atom is 0.227 e. The third-order valence-electron chi connectivity index (χ3n) is 5.98. The lowest BCUT2D eigenvalue weighted by Gasteiger charge is -2.45. The lowest BCUT2D eigenvalue weighted by atomic mass is 9.67. The molecule has 2 amide bonds. The van der Waals surface area contributed by atoms with E-state index in [0.717, 1.165) is 31.4 Å². The van der Waals surface area contributed by atoms with Crippen molar-refractivity contribution in [2.45, 2.75) is 50.6 Å². The monoisotopic (exact) mass is 367 g/mol. The first kappa shape index (κ1) is 18.2. The van der Waals surface area contributed by atoms with Crippen molar-refractivity contribution in [3.63, 3.8) is 0 Å². The van der Waals surface area contributed by atoms with Crippen LogP contribution in [0.1, 0.15) is 38.5 Å². The lowest BCUT2D eigenvalue weighted by Crippen LogP contribution is -2.54. The number of aromatic nitrogens is 2. The standard InChI is InChI=1S/C17H25N5O2.ClH/c18-13-4-10-2-1-3-11(5-13)16(10)21-17(24)12-6-15(23)22(9-12)14-7-19-20-8-14;/h7-8,10-13,16H,1-6,9,18H2,(H,19,20)(H,21,24);1H. The van der Waals surface area contributed by atoms with Crippen LogP contribution in [-0.2, 0) is 9.59 Å². The van der Waals surface area contributed by atoms with E-state index in [9.17, 15) is 9.59 Å². The van der Waals surface area contributed by atoms with E-state index in [0.29, 0.717) is 18.4 Å². The predicted octanol–water partition coefficient (Wildman–Crippen LogP) is 1.21. The summed E-state index contributed by atoms with van der Waals surface area (Å²) in [6.45, 7) is 0.436. The average Bonchev–Trinajstić information content (AvgIpc) is 3.17. The van der Waals surface area contributed by atoms with Gasteiger partial charge in [-0.1, -0.05) is 6.42 Å². The van der Waals surface area contributed by atoms with Gasteiger partial charge in [0.1, 0.15) is 0 Å². The van der Waals surface area contributed by atoms with Gasteiger partial charge in [0.2, 0.25) is 11.8 Å². The number of aromatic amines is 1. The minimum atomic E-state index is -0.274. The molecular formula is C17H26ClN5O2. The smallest absolute Gasteiger partial charge is 0.227 e. The van der Waals surface area contributed by atoms with Gasteiger partial charge in [0.15, 0.2) is 0 Å². The minimum Gasteiger partial charge on any atom is -0.353 e. The van der Waals surface area contributed by atoms with Gasteiger partial charge in [-0.25, -0.2) is 0 Å².